The van der Waals surface area contributed by atoms with E-state index < -0.39 is 22.0 Å². The van der Waals surface area contributed by atoms with Gasteiger partial charge in [0, 0.05) is 25.6 Å². The third-order valence-electron chi connectivity index (χ3n) is 2.79. The van der Waals surface area contributed by atoms with Crippen LogP contribution in [0.2, 0.25) is 0 Å². The van der Waals surface area contributed by atoms with Crippen LogP contribution in [0.4, 0.5) is 0 Å². The fourth-order valence-electron chi connectivity index (χ4n) is 1.80. The van der Waals surface area contributed by atoms with Crippen LogP contribution < -0.4 is 10.6 Å². The molecule has 1 aliphatic heterocycles. The van der Waals surface area contributed by atoms with E-state index in [-0.39, 0.29) is 23.8 Å². The highest BCUT2D eigenvalue weighted by Crippen LogP contribution is 2.12. The van der Waals surface area contributed by atoms with Gasteiger partial charge in [0.1, 0.15) is 0 Å². The number of carbonyl (C=O) groups is 1. The Kier molecular flexibility index (Phi) is 5.55. The van der Waals surface area contributed by atoms with Crippen LogP contribution in [-0.4, -0.2) is 56.2 Å². The third kappa shape index (κ3) is 5.32. The van der Waals surface area contributed by atoms with Crippen molar-refractivity contribution in [1.82, 2.24) is 10.6 Å². The molecule has 0 aliphatic carbocycles. The monoisotopic (exact) mass is 278 g/mol. The molecule has 0 aromatic rings. The summed E-state index contributed by atoms with van der Waals surface area (Å²) in [7, 11) is -3.13. The fourth-order valence-corrected chi connectivity index (χ4v) is 3.58. The molecule has 1 heterocycles. The molecular formula is C11H22N2O4S. The van der Waals surface area contributed by atoms with Gasteiger partial charge >= 0.3 is 0 Å². The molecule has 18 heavy (non-hydrogen) atoms. The maximum atomic E-state index is 11.4. The van der Waals surface area contributed by atoms with Crippen molar-refractivity contribution in [2.75, 3.05) is 24.6 Å². The molecule has 1 rings (SSSR count). The van der Waals surface area contributed by atoms with E-state index in [1.807, 2.05) is 13.8 Å². The van der Waals surface area contributed by atoms with Crippen molar-refractivity contribution in [2.45, 2.75) is 32.4 Å². The molecule has 0 aromatic carbocycles. The molecular weight excluding hydrogens is 256 g/mol. The number of rotatable bonds is 6. The van der Waals surface area contributed by atoms with Crippen LogP contribution in [-0.2, 0) is 14.6 Å². The van der Waals surface area contributed by atoms with Crippen LogP contribution in [0.25, 0.3) is 0 Å². The van der Waals surface area contributed by atoms with Crippen LogP contribution in [0.5, 0.6) is 0 Å². The molecule has 106 valence electrons. The highest BCUT2D eigenvalue weighted by atomic mass is 32.2. The highest BCUT2D eigenvalue weighted by molar-refractivity contribution is 7.91. The van der Waals surface area contributed by atoms with Gasteiger partial charge in [-0.2, -0.15) is 0 Å². The van der Waals surface area contributed by atoms with Gasteiger partial charge in [0.2, 0.25) is 5.91 Å². The molecule has 1 fully saturated rings. The van der Waals surface area contributed by atoms with Crippen molar-refractivity contribution in [3.05, 3.63) is 0 Å². The van der Waals surface area contributed by atoms with Gasteiger partial charge in [0.15, 0.2) is 9.84 Å². The van der Waals surface area contributed by atoms with Crippen LogP contribution >= 0.6 is 0 Å². The minimum absolute atomic E-state index is 0.0538. The number of hydrogen-bond donors (Lipinski definition) is 3. The topological polar surface area (TPSA) is 95.5 Å². The second-order valence-electron chi connectivity index (χ2n) is 5.15. The molecule has 0 aromatic heterocycles. The van der Waals surface area contributed by atoms with E-state index in [2.05, 4.69) is 10.6 Å². The first-order chi connectivity index (χ1) is 8.30. The number of nitrogens with one attached hydrogen (secondary N) is 2. The lowest BCUT2D eigenvalue weighted by Gasteiger charge is -2.14. The Hall–Kier alpha value is -0.660. The molecule has 0 spiro atoms. The lowest BCUT2D eigenvalue weighted by molar-refractivity contribution is -0.121. The van der Waals surface area contributed by atoms with Crippen molar-refractivity contribution in [3.8, 4) is 0 Å². The van der Waals surface area contributed by atoms with Crippen LogP contribution in [0.3, 0.4) is 0 Å². The number of aliphatic hydroxyl groups excluding tert-OH is 1. The number of amides is 1. The molecule has 0 saturated carbocycles. The summed E-state index contributed by atoms with van der Waals surface area (Å²) in [6.07, 6.45) is -0.579. The molecule has 0 bridgehead atoms. The zero-order valence-corrected chi connectivity index (χ0v) is 11.7. The molecule has 0 radical (unpaired) electrons. The Labute approximate surface area is 108 Å². The van der Waals surface area contributed by atoms with E-state index in [9.17, 15) is 18.3 Å². The average Bonchev–Trinajstić information content (AvgIpc) is 2.49. The van der Waals surface area contributed by atoms with E-state index >= 15 is 0 Å². The van der Waals surface area contributed by atoms with Crippen molar-refractivity contribution >= 4 is 15.7 Å². The normalized spacial score (nSPS) is 26.4. The lowest BCUT2D eigenvalue weighted by Crippen LogP contribution is -2.41. The summed E-state index contributed by atoms with van der Waals surface area (Å²) in [5.74, 6) is 0.0988. The van der Waals surface area contributed by atoms with E-state index in [4.69, 9.17) is 0 Å². The predicted molar refractivity (Wildman–Crippen MR) is 68.9 cm³/mol. The minimum Gasteiger partial charge on any atom is -0.390 e. The van der Waals surface area contributed by atoms with Gasteiger partial charge < -0.3 is 15.7 Å². The predicted octanol–water partition coefficient (Wildman–Crippen LogP) is -1.10. The Morgan fingerprint density at radius 2 is 2.06 bits per heavy atom. The van der Waals surface area contributed by atoms with Crippen molar-refractivity contribution < 1.29 is 18.3 Å². The Balaban J connectivity index is 2.20. The maximum Gasteiger partial charge on any atom is 0.221 e. The standard InChI is InChI=1S/C11H22N2O4S/c1-8(2)5-13-11(15)3-4-12-9-6-18(16,17)7-10(9)14/h8-10,12,14H,3-7H2,1-2H3,(H,13,15). The summed E-state index contributed by atoms with van der Waals surface area (Å²) in [6.45, 7) is 5.04. The molecule has 1 saturated heterocycles. The van der Waals surface area contributed by atoms with Crippen LogP contribution in [0.1, 0.15) is 20.3 Å². The molecule has 2 unspecified atom stereocenters. The Morgan fingerprint density at radius 1 is 1.39 bits per heavy atom. The lowest BCUT2D eigenvalue weighted by atomic mass is 10.2. The number of aliphatic hydroxyl groups is 1. The maximum absolute atomic E-state index is 11.4. The van der Waals surface area contributed by atoms with E-state index in [1.165, 1.54) is 0 Å². The molecule has 2 atom stereocenters. The molecule has 7 heteroatoms. The van der Waals surface area contributed by atoms with Crippen LogP contribution in [0, 0.1) is 5.92 Å². The van der Waals surface area contributed by atoms with Gasteiger partial charge in [-0.3, -0.25) is 4.79 Å². The fraction of sp³-hybridized carbons (Fsp3) is 0.909. The summed E-state index contributed by atoms with van der Waals surface area (Å²) in [6, 6.07) is -0.451. The first kappa shape index (κ1) is 15.4. The second-order valence-corrected chi connectivity index (χ2v) is 7.31. The SMILES string of the molecule is CC(C)CNC(=O)CCNC1CS(=O)(=O)CC1O. The highest BCUT2D eigenvalue weighted by Gasteiger charge is 2.35. The number of sulfone groups is 1. The van der Waals surface area contributed by atoms with Gasteiger partial charge in [-0.1, -0.05) is 13.8 Å². The Bertz CT molecular complexity index is 381. The number of carbonyl (C=O) groups excluding carboxylic acids is 1. The second kappa shape index (κ2) is 6.49. The third-order valence-corrected chi connectivity index (χ3v) is 4.51. The largest absolute Gasteiger partial charge is 0.390 e. The quantitative estimate of drug-likeness (QED) is 0.573. The summed E-state index contributed by atoms with van der Waals surface area (Å²) in [5, 5.41) is 15.2. The summed E-state index contributed by atoms with van der Waals surface area (Å²) in [5.41, 5.74) is 0. The van der Waals surface area contributed by atoms with Gasteiger partial charge in [-0.05, 0) is 5.92 Å². The van der Waals surface area contributed by atoms with Gasteiger partial charge in [0.25, 0.3) is 0 Å². The van der Waals surface area contributed by atoms with E-state index in [0.717, 1.165) is 0 Å². The van der Waals surface area contributed by atoms with Gasteiger partial charge in [0.05, 0.1) is 17.6 Å². The molecule has 3 N–H and O–H groups in total. The summed E-state index contributed by atoms with van der Waals surface area (Å²) < 4.78 is 22.5. The first-order valence-corrected chi connectivity index (χ1v) is 8.01. The van der Waals surface area contributed by atoms with Crippen molar-refractivity contribution in [2.24, 2.45) is 5.92 Å². The molecule has 6 nitrogen and oxygen atoms in total. The van der Waals surface area contributed by atoms with Gasteiger partial charge in [-0.25, -0.2) is 8.42 Å². The van der Waals surface area contributed by atoms with Crippen molar-refractivity contribution in [1.29, 1.82) is 0 Å². The summed E-state index contributed by atoms with van der Waals surface area (Å²) in [4.78, 5) is 11.4. The zero-order chi connectivity index (χ0) is 13.8. The average molecular weight is 278 g/mol. The minimum atomic E-state index is -3.13. The van der Waals surface area contributed by atoms with E-state index in [0.29, 0.717) is 19.0 Å². The Morgan fingerprint density at radius 3 is 2.56 bits per heavy atom. The molecule has 1 aliphatic rings. The zero-order valence-electron chi connectivity index (χ0n) is 10.8. The van der Waals surface area contributed by atoms with E-state index in [1.54, 1.807) is 0 Å². The van der Waals surface area contributed by atoms with Crippen molar-refractivity contribution in [3.63, 3.8) is 0 Å². The molecule has 1 amide bonds. The smallest absolute Gasteiger partial charge is 0.221 e. The summed E-state index contributed by atoms with van der Waals surface area (Å²) >= 11 is 0. The first-order valence-electron chi connectivity index (χ1n) is 6.19. The van der Waals surface area contributed by atoms with Gasteiger partial charge in [-0.15, -0.1) is 0 Å². The van der Waals surface area contributed by atoms with Crippen LogP contribution in [0.15, 0.2) is 0 Å². The number of hydrogen-bond acceptors (Lipinski definition) is 5.